The van der Waals surface area contributed by atoms with E-state index in [9.17, 15) is 27.9 Å². The van der Waals surface area contributed by atoms with Gasteiger partial charge in [-0.05, 0) is 19.8 Å². The van der Waals surface area contributed by atoms with Gasteiger partial charge in [0.2, 0.25) is 0 Å². The first-order valence-electron chi connectivity index (χ1n) is 6.45. The third kappa shape index (κ3) is 4.01. The summed E-state index contributed by atoms with van der Waals surface area (Å²) in [6.45, 7) is 3.27. The fourth-order valence-corrected chi connectivity index (χ4v) is 2.36. The maximum Gasteiger partial charge on any atom is 0.391 e. The lowest BCUT2D eigenvalue weighted by Gasteiger charge is -2.24. The molecule has 0 spiro atoms. The van der Waals surface area contributed by atoms with E-state index >= 15 is 0 Å². The fourth-order valence-electron chi connectivity index (χ4n) is 2.36. The number of nitrogens with zero attached hydrogens (tertiary/aromatic N) is 1. The SMILES string of the molecule is CCC1(C(=O)O)CCN(C(=O)NC(C)CC(F)(F)F)C1. The van der Waals surface area contributed by atoms with Crippen molar-refractivity contribution in [2.75, 3.05) is 13.1 Å². The second kappa shape index (κ2) is 5.88. The van der Waals surface area contributed by atoms with Crippen LogP contribution in [-0.4, -0.2) is 47.3 Å². The summed E-state index contributed by atoms with van der Waals surface area (Å²) in [6.07, 6.45) is -4.75. The minimum absolute atomic E-state index is 0.0312. The van der Waals surface area contributed by atoms with Crippen molar-refractivity contribution >= 4 is 12.0 Å². The van der Waals surface area contributed by atoms with E-state index in [0.717, 1.165) is 0 Å². The average Bonchev–Trinajstić information content (AvgIpc) is 2.71. The van der Waals surface area contributed by atoms with Crippen LogP contribution < -0.4 is 5.32 Å². The van der Waals surface area contributed by atoms with E-state index in [1.807, 2.05) is 0 Å². The topological polar surface area (TPSA) is 69.6 Å². The Kier molecular flexibility index (Phi) is 4.88. The molecule has 0 aliphatic carbocycles. The first-order chi connectivity index (χ1) is 9.09. The highest BCUT2D eigenvalue weighted by molar-refractivity contribution is 5.79. The van der Waals surface area contributed by atoms with Gasteiger partial charge in [0.25, 0.3) is 0 Å². The largest absolute Gasteiger partial charge is 0.481 e. The number of carbonyl (C=O) groups excluding carboxylic acids is 1. The van der Waals surface area contributed by atoms with Crippen molar-refractivity contribution < 1.29 is 27.9 Å². The molecule has 0 aromatic rings. The maximum atomic E-state index is 12.2. The molecule has 0 saturated carbocycles. The van der Waals surface area contributed by atoms with Gasteiger partial charge in [0.05, 0.1) is 11.8 Å². The zero-order valence-corrected chi connectivity index (χ0v) is 11.5. The number of urea groups is 1. The third-order valence-corrected chi connectivity index (χ3v) is 3.68. The number of carbonyl (C=O) groups is 2. The highest BCUT2D eigenvalue weighted by atomic mass is 19.4. The molecule has 2 amide bonds. The van der Waals surface area contributed by atoms with Crippen molar-refractivity contribution in [2.24, 2.45) is 5.41 Å². The Bertz CT molecular complexity index is 387. The molecule has 8 heteroatoms. The molecule has 1 saturated heterocycles. The number of likely N-dealkylation sites (tertiary alicyclic amines) is 1. The molecule has 0 aromatic heterocycles. The van der Waals surface area contributed by atoms with E-state index in [4.69, 9.17) is 0 Å². The Morgan fingerprint density at radius 1 is 1.45 bits per heavy atom. The standard InChI is InChI=1S/C12H19F3N2O3/c1-3-11(9(18)19)4-5-17(7-11)10(20)16-8(2)6-12(13,14)15/h8H,3-7H2,1-2H3,(H,16,20)(H,18,19). The van der Waals surface area contributed by atoms with Crippen LogP contribution in [0, 0.1) is 5.41 Å². The number of amides is 2. The van der Waals surface area contributed by atoms with Crippen LogP contribution >= 0.6 is 0 Å². The summed E-state index contributed by atoms with van der Waals surface area (Å²) in [5, 5.41) is 11.4. The quantitative estimate of drug-likeness (QED) is 0.835. The molecule has 0 aromatic carbocycles. The lowest BCUT2D eigenvalue weighted by Crippen LogP contribution is -2.45. The van der Waals surface area contributed by atoms with E-state index in [0.29, 0.717) is 12.8 Å². The Morgan fingerprint density at radius 2 is 2.05 bits per heavy atom. The molecular formula is C12H19F3N2O3. The minimum Gasteiger partial charge on any atom is -0.481 e. The van der Waals surface area contributed by atoms with Gasteiger partial charge in [-0.3, -0.25) is 4.79 Å². The predicted octanol–water partition coefficient (Wildman–Crippen LogP) is 2.22. The zero-order chi connectivity index (χ0) is 15.6. The molecule has 2 N–H and O–H groups in total. The molecule has 1 rings (SSSR count). The van der Waals surface area contributed by atoms with Crippen LogP contribution in [0.5, 0.6) is 0 Å². The lowest BCUT2D eigenvalue weighted by molar-refractivity contribution is -0.148. The summed E-state index contributed by atoms with van der Waals surface area (Å²) in [5.74, 6) is -0.973. The van der Waals surface area contributed by atoms with E-state index in [2.05, 4.69) is 5.32 Å². The summed E-state index contributed by atoms with van der Waals surface area (Å²) >= 11 is 0. The highest BCUT2D eigenvalue weighted by Crippen LogP contribution is 2.34. The van der Waals surface area contributed by atoms with Gasteiger partial charge in [-0.1, -0.05) is 6.92 Å². The van der Waals surface area contributed by atoms with E-state index in [-0.39, 0.29) is 13.1 Å². The van der Waals surface area contributed by atoms with Gasteiger partial charge in [0, 0.05) is 19.1 Å². The van der Waals surface area contributed by atoms with Gasteiger partial charge in [0.1, 0.15) is 0 Å². The first-order valence-corrected chi connectivity index (χ1v) is 6.45. The van der Waals surface area contributed by atoms with Crippen LogP contribution in [0.3, 0.4) is 0 Å². The minimum atomic E-state index is -4.34. The molecular weight excluding hydrogens is 277 g/mol. The van der Waals surface area contributed by atoms with Gasteiger partial charge in [-0.15, -0.1) is 0 Å². The Hall–Kier alpha value is -1.47. The van der Waals surface area contributed by atoms with Gasteiger partial charge in [0.15, 0.2) is 0 Å². The molecule has 1 aliphatic rings. The van der Waals surface area contributed by atoms with E-state index in [1.165, 1.54) is 11.8 Å². The second-order valence-electron chi connectivity index (χ2n) is 5.28. The Balaban J connectivity index is 2.56. The number of nitrogens with one attached hydrogen (secondary N) is 1. The number of halogens is 3. The molecule has 0 radical (unpaired) electrons. The molecule has 20 heavy (non-hydrogen) atoms. The summed E-state index contributed by atoms with van der Waals surface area (Å²) < 4.78 is 36.5. The van der Waals surface area contributed by atoms with E-state index < -0.39 is 36.1 Å². The van der Waals surface area contributed by atoms with Gasteiger partial charge < -0.3 is 15.3 Å². The number of alkyl halides is 3. The van der Waals surface area contributed by atoms with Crippen molar-refractivity contribution in [3.8, 4) is 0 Å². The Morgan fingerprint density at radius 3 is 2.45 bits per heavy atom. The van der Waals surface area contributed by atoms with Crippen LogP contribution in [0.1, 0.15) is 33.1 Å². The van der Waals surface area contributed by atoms with Gasteiger partial charge in [-0.25, -0.2) is 4.79 Å². The number of rotatable bonds is 4. The second-order valence-corrected chi connectivity index (χ2v) is 5.28. The average molecular weight is 296 g/mol. The lowest BCUT2D eigenvalue weighted by atomic mass is 9.84. The van der Waals surface area contributed by atoms with E-state index in [1.54, 1.807) is 6.92 Å². The van der Waals surface area contributed by atoms with Gasteiger partial charge in [-0.2, -0.15) is 13.2 Å². The fraction of sp³-hybridized carbons (Fsp3) is 0.833. The van der Waals surface area contributed by atoms with Crippen molar-refractivity contribution in [1.82, 2.24) is 10.2 Å². The van der Waals surface area contributed by atoms with Crippen LogP contribution in [0.2, 0.25) is 0 Å². The molecule has 0 bridgehead atoms. The van der Waals surface area contributed by atoms with Crippen LogP contribution in [0.25, 0.3) is 0 Å². The first kappa shape index (κ1) is 16.6. The molecule has 1 aliphatic heterocycles. The number of hydrogen-bond acceptors (Lipinski definition) is 2. The molecule has 116 valence electrons. The zero-order valence-electron chi connectivity index (χ0n) is 11.5. The molecule has 2 atom stereocenters. The number of aliphatic carboxylic acids is 1. The maximum absolute atomic E-state index is 12.2. The van der Waals surface area contributed by atoms with Gasteiger partial charge >= 0.3 is 18.2 Å². The molecule has 1 fully saturated rings. The van der Waals surface area contributed by atoms with Crippen LogP contribution in [0.4, 0.5) is 18.0 Å². The van der Waals surface area contributed by atoms with Crippen LogP contribution in [0.15, 0.2) is 0 Å². The van der Waals surface area contributed by atoms with Crippen molar-refractivity contribution in [3.05, 3.63) is 0 Å². The van der Waals surface area contributed by atoms with Crippen LogP contribution in [-0.2, 0) is 4.79 Å². The predicted molar refractivity (Wildman–Crippen MR) is 65.2 cm³/mol. The molecule has 2 unspecified atom stereocenters. The third-order valence-electron chi connectivity index (χ3n) is 3.68. The summed E-state index contributed by atoms with van der Waals surface area (Å²) in [7, 11) is 0. The number of hydrogen-bond donors (Lipinski definition) is 2. The summed E-state index contributed by atoms with van der Waals surface area (Å²) in [5.41, 5.74) is -0.982. The number of carboxylic acids is 1. The molecule has 5 nitrogen and oxygen atoms in total. The van der Waals surface area contributed by atoms with Crippen molar-refractivity contribution in [3.63, 3.8) is 0 Å². The summed E-state index contributed by atoms with van der Waals surface area (Å²) in [6, 6.07) is -1.68. The summed E-state index contributed by atoms with van der Waals surface area (Å²) in [4.78, 5) is 24.3. The molecule has 1 heterocycles. The smallest absolute Gasteiger partial charge is 0.391 e. The monoisotopic (exact) mass is 296 g/mol. The van der Waals surface area contributed by atoms with Crippen molar-refractivity contribution in [2.45, 2.75) is 45.3 Å². The highest BCUT2D eigenvalue weighted by Gasteiger charge is 2.45. The number of carboxylic acid groups (broad SMARTS) is 1. The van der Waals surface area contributed by atoms with Crippen molar-refractivity contribution in [1.29, 1.82) is 0 Å². The normalized spacial score (nSPS) is 24.6. The Labute approximate surface area is 115 Å².